The van der Waals surface area contributed by atoms with Crippen molar-refractivity contribution in [3.8, 4) is 0 Å². The van der Waals surface area contributed by atoms with Crippen LogP contribution in [0.4, 0.5) is 0 Å². The molecule has 2 aromatic rings. The second kappa shape index (κ2) is 6.72. The molecule has 0 fully saturated rings. The van der Waals surface area contributed by atoms with E-state index in [0.717, 1.165) is 4.31 Å². The Bertz CT molecular complexity index is 731. The summed E-state index contributed by atoms with van der Waals surface area (Å²) in [6.45, 7) is -0.0229. The minimum Gasteiger partial charge on any atom is -0.328 e. The largest absolute Gasteiger partial charge is 0.328 e. The van der Waals surface area contributed by atoms with Crippen LogP contribution >= 0.6 is 0 Å². The van der Waals surface area contributed by atoms with E-state index in [9.17, 15) is 13.2 Å². The molecular weight excluding hydrogens is 300 g/mol. The molecular formula is C16H18N2O3S. The number of sulfonamides is 1. The second-order valence-corrected chi connectivity index (χ2v) is 6.97. The fourth-order valence-electron chi connectivity index (χ4n) is 2.01. The molecule has 0 N–H and O–H groups in total. The van der Waals surface area contributed by atoms with Gasteiger partial charge in [-0.3, -0.25) is 4.79 Å². The first kappa shape index (κ1) is 16.2. The minimum absolute atomic E-state index is 0.0229. The molecule has 0 radical (unpaired) electrons. The first-order valence-corrected chi connectivity index (χ1v) is 8.19. The van der Waals surface area contributed by atoms with Crippen molar-refractivity contribution in [3.05, 3.63) is 66.2 Å². The van der Waals surface area contributed by atoms with Gasteiger partial charge in [-0.15, -0.1) is 0 Å². The van der Waals surface area contributed by atoms with Crippen molar-refractivity contribution in [2.24, 2.45) is 0 Å². The quantitative estimate of drug-likeness (QED) is 0.793. The smallest absolute Gasteiger partial charge is 0.254 e. The summed E-state index contributed by atoms with van der Waals surface area (Å²) in [7, 11) is -0.579. The number of hydrogen-bond donors (Lipinski definition) is 0. The van der Waals surface area contributed by atoms with Gasteiger partial charge in [-0.1, -0.05) is 36.4 Å². The summed E-state index contributed by atoms with van der Waals surface area (Å²) in [6.07, 6.45) is 0. The van der Waals surface area contributed by atoms with Crippen molar-refractivity contribution in [3.63, 3.8) is 0 Å². The van der Waals surface area contributed by atoms with Gasteiger partial charge in [-0.2, -0.15) is 4.31 Å². The van der Waals surface area contributed by atoms with Gasteiger partial charge < -0.3 is 4.90 Å². The lowest BCUT2D eigenvalue weighted by molar-refractivity contribution is 0.0757. The van der Waals surface area contributed by atoms with Crippen molar-refractivity contribution in [2.75, 3.05) is 20.8 Å². The van der Waals surface area contributed by atoms with Crippen molar-refractivity contribution in [1.82, 2.24) is 9.21 Å². The average Bonchev–Trinajstić information content (AvgIpc) is 2.55. The Morgan fingerprint density at radius 3 is 1.95 bits per heavy atom. The van der Waals surface area contributed by atoms with Gasteiger partial charge in [-0.05, 0) is 24.3 Å². The summed E-state index contributed by atoms with van der Waals surface area (Å²) in [5, 5.41) is 0. The lowest BCUT2D eigenvalue weighted by Gasteiger charge is -2.24. The van der Waals surface area contributed by atoms with E-state index in [1.807, 2.05) is 6.07 Å². The molecule has 0 heterocycles. The summed E-state index contributed by atoms with van der Waals surface area (Å²) >= 11 is 0. The molecule has 1 amide bonds. The molecule has 0 saturated heterocycles. The zero-order chi connectivity index (χ0) is 16.2. The van der Waals surface area contributed by atoms with E-state index in [1.54, 1.807) is 49.5 Å². The van der Waals surface area contributed by atoms with Crippen LogP contribution in [-0.2, 0) is 10.0 Å². The molecule has 22 heavy (non-hydrogen) atoms. The van der Waals surface area contributed by atoms with Crippen LogP contribution < -0.4 is 0 Å². The maximum Gasteiger partial charge on any atom is 0.254 e. The Labute approximate surface area is 130 Å². The third kappa shape index (κ3) is 3.52. The predicted octanol–water partition coefficient (Wildman–Crippen LogP) is 2.04. The topological polar surface area (TPSA) is 57.7 Å². The summed E-state index contributed by atoms with van der Waals surface area (Å²) in [4.78, 5) is 13.8. The third-order valence-corrected chi connectivity index (χ3v) is 5.03. The molecule has 2 aromatic carbocycles. The standard InChI is InChI=1S/C16H18N2O3S/c1-17(16(19)14-9-5-3-6-10-14)13-18(2)22(20,21)15-11-7-4-8-12-15/h3-12H,13H2,1-2H3. The summed E-state index contributed by atoms with van der Waals surface area (Å²) < 4.78 is 26.0. The maximum atomic E-state index is 12.4. The van der Waals surface area contributed by atoms with E-state index >= 15 is 0 Å². The molecule has 0 aliphatic carbocycles. The highest BCUT2D eigenvalue weighted by atomic mass is 32.2. The van der Waals surface area contributed by atoms with E-state index in [0.29, 0.717) is 5.56 Å². The first-order valence-electron chi connectivity index (χ1n) is 6.75. The van der Waals surface area contributed by atoms with E-state index in [-0.39, 0.29) is 17.5 Å². The number of rotatable bonds is 5. The molecule has 0 saturated carbocycles. The Morgan fingerprint density at radius 1 is 0.909 bits per heavy atom. The van der Waals surface area contributed by atoms with Crippen LogP contribution in [0.2, 0.25) is 0 Å². The summed E-state index contributed by atoms with van der Waals surface area (Å²) in [5.74, 6) is -0.226. The molecule has 5 nitrogen and oxygen atoms in total. The van der Waals surface area contributed by atoms with Crippen molar-refractivity contribution in [1.29, 1.82) is 0 Å². The van der Waals surface area contributed by atoms with E-state index in [4.69, 9.17) is 0 Å². The highest BCUT2D eigenvalue weighted by molar-refractivity contribution is 7.89. The summed E-state index contributed by atoms with van der Waals surface area (Å²) in [6, 6.07) is 16.9. The SMILES string of the molecule is CN(CN(C)S(=O)(=O)c1ccccc1)C(=O)c1ccccc1. The lowest BCUT2D eigenvalue weighted by Crippen LogP contribution is -2.40. The predicted molar refractivity (Wildman–Crippen MR) is 84.8 cm³/mol. The molecule has 116 valence electrons. The Kier molecular flexibility index (Phi) is 4.95. The molecule has 0 unspecified atom stereocenters. The molecule has 6 heteroatoms. The Balaban J connectivity index is 2.12. The summed E-state index contributed by atoms with van der Waals surface area (Å²) in [5.41, 5.74) is 0.524. The third-order valence-electron chi connectivity index (χ3n) is 3.23. The van der Waals surface area contributed by atoms with E-state index < -0.39 is 10.0 Å². The zero-order valence-corrected chi connectivity index (χ0v) is 13.3. The number of carbonyl (C=O) groups excluding carboxylic acids is 1. The van der Waals surface area contributed by atoms with E-state index in [2.05, 4.69) is 0 Å². The molecule has 0 spiro atoms. The van der Waals surface area contributed by atoms with E-state index in [1.165, 1.54) is 24.1 Å². The molecule has 0 aliphatic rings. The Morgan fingerprint density at radius 2 is 1.41 bits per heavy atom. The number of carbonyl (C=O) groups is 1. The fourth-order valence-corrected chi connectivity index (χ4v) is 3.20. The van der Waals surface area contributed by atoms with Crippen molar-refractivity contribution < 1.29 is 13.2 Å². The van der Waals surface area contributed by atoms with Crippen molar-refractivity contribution in [2.45, 2.75) is 4.90 Å². The number of nitrogens with zero attached hydrogens (tertiary/aromatic N) is 2. The number of benzene rings is 2. The highest BCUT2D eigenvalue weighted by Gasteiger charge is 2.23. The van der Waals surface area contributed by atoms with Crippen LogP contribution in [-0.4, -0.2) is 44.3 Å². The first-order chi connectivity index (χ1) is 10.4. The highest BCUT2D eigenvalue weighted by Crippen LogP contribution is 2.14. The van der Waals surface area contributed by atoms with Crippen LogP contribution in [0, 0.1) is 0 Å². The lowest BCUT2D eigenvalue weighted by atomic mass is 10.2. The van der Waals surface area contributed by atoms with Gasteiger partial charge in [0, 0.05) is 19.7 Å². The van der Waals surface area contributed by atoms with Gasteiger partial charge in [0.25, 0.3) is 5.91 Å². The molecule has 2 rings (SSSR count). The van der Waals surface area contributed by atoms with Crippen molar-refractivity contribution >= 4 is 15.9 Å². The maximum absolute atomic E-state index is 12.4. The number of hydrogen-bond acceptors (Lipinski definition) is 3. The Hall–Kier alpha value is -2.18. The second-order valence-electron chi connectivity index (χ2n) is 4.93. The molecule has 0 bridgehead atoms. The average molecular weight is 318 g/mol. The molecule has 0 aromatic heterocycles. The van der Waals surface area contributed by atoms with Crippen LogP contribution in [0.5, 0.6) is 0 Å². The molecule has 0 aliphatic heterocycles. The van der Waals surface area contributed by atoms with Crippen LogP contribution in [0.25, 0.3) is 0 Å². The zero-order valence-electron chi connectivity index (χ0n) is 12.5. The monoisotopic (exact) mass is 318 g/mol. The van der Waals surface area contributed by atoms with Gasteiger partial charge in [-0.25, -0.2) is 8.42 Å². The van der Waals surface area contributed by atoms with Gasteiger partial charge in [0.2, 0.25) is 10.0 Å². The minimum atomic E-state index is -3.61. The van der Waals surface area contributed by atoms with Gasteiger partial charge in [0.1, 0.15) is 0 Å². The van der Waals surface area contributed by atoms with Gasteiger partial charge in [0.05, 0.1) is 11.6 Å². The normalized spacial score (nSPS) is 11.4. The van der Waals surface area contributed by atoms with Gasteiger partial charge >= 0.3 is 0 Å². The molecule has 0 atom stereocenters. The fraction of sp³-hybridized carbons (Fsp3) is 0.188. The van der Waals surface area contributed by atoms with Crippen LogP contribution in [0.1, 0.15) is 10.4 Å². The van der Waals surface area contributed by atoms with Gasteiger partial charge in [0.15, 0.2) is 0 Å². The number of amides is 1. The van der Waals surface area contributed by atoms with Crippen LogP contribution in [0.15, 0.2) is 65.6 Å². The van der Waals surface area contributed by atoms with Crippen LogP contribution in [0.3, 0.4) is 0 Å².